The molecule has 7 heteroatoms. The number of thiazole rings is 1. The predicted molar refractivity (Wildman–Crippen MR) is 118 cm³/mol. The van der Waals surface area contributed by atoms with Gasteiger partial charge in [-0.15, -0.1) is 11.3 Å². The van der Waals surface area contributed by atoms with Crippen LogP contribution in [0.5, 0.6) is 0 Å². The standard InChI is InChI=1S/C22H19ClN4OS/c1-27-18-10-5-6-13(15(18)12-24-27)14-7-4-9-17(20(14)23)25-21(28)22-26-16-8-2-3-11-19(16)29-22/h4-7,9-10,12H,2-3,8,11H2,1H3,(H,25,28). The molecule has 1 amide bonds. The van der Waals surface area contributed by atoms with Gasteiger partial charge in [0.05, 0.1) is 28.1 Å². The van der Waals surface area contributed by atoms with Gasteiger partial charge >= 0.3 is 0 Å². The molecule has 0 bridgehead atoms. The molecule has 0 radical (unpaired) electrons. The predicted octanol–water partition coefficient (Wildman–Crippen LogP) is 5.48. The molecular formula is C22H19ClN4OS. The molecule has 0 atom stereocenters. The van der Waals surface area contributed by atoms with E-state index < -0.39 is 0 Å². The summed E-state index contributed by atoms with van der Waals surface area (Å²) < 4.78 is 1.84. The van der Waals surface area contributed by atoms with Crippen molar-refractivity contribution in [2.24, 2.45) is 7.05 Å². The summed E-state index contributed by atoms with van der Waals surface area (Å²) in [6, 6.07) is 11.7. The van der Waals surface area contributed by atoms with Gasteiger partial charge in [-0.3, -0.25) is 9.48 Å². The molecule has 0 aliphatic heterocycles. The highest BCUT2D eigenvalue weighted by molar-refractivity contribution is 7.13. The zero-order valence-corrected chi connectivity index (χ0v) is 17.5. The number of hydrogen-bond acceptors (Lipinski definition) is 4. The zero-order chi connectivity index (χ0) is 20.0. The highest BCUT2D eigenvalue weighted by atomic mass is 35.5. The average Bonchev–Trinajstić information content (AvgIpc) is 3.34. The summed E-state index contributed by atoms with van der Waals surface area (Å²) in [6.07, 6.45) is 6.14. The minimum atomic E-state index is -0.206. The fourth-order valence-corrected chi connectivity index (χ4v) is 5.19. The number of amides is 1. The van der Waals surface area contributed by atoms with E-state index in [4.69, 9.17) is 11.6 Å². The number of anilines is 1. The van der Waals surface area contributed by atoms with Crippen molar-refractivity contribution in [3.05, 3.63) is 63.2 Å². The number of carbonyl (C=O) groups is 1. The second-order valence-corrected chi connectivity index (χ2v) is 8.69. The molecule has 4 aromatic rings. The van der Waals surface area contributed by atoms with E-state index in [0.29, 0.717) is 15.7 Å². The molecule has 2 aromatic carbocycles. The molecule has 2 aromatic heterocycles. The van der Waals surface area contributed by atoms with E-state index in [0.717, 1.165) is 47.0 Å². The Hall–Kier alpha value is -2.70. The molecule has 0 saturated carbocycles. The van der Waals surface area contributed by atoms with E-state index in [-0.39, 0.29) is 5.91 Å². The van der Waals surface area contributed by atoms with Gasteiger partial charge in [-0.2, -0.15) is 5.10 Å². The first-order valence-corrected chi connectivity index (χ1v) is 10.8. The van der Waals surface area contributed by atoms with Crippen LogP contribution in [0.3, 0.4) is 0 Å². The zero-order valence-electron chi connectivity index (χ0n) is 15.9. The summed E-state index contributed by atoms with van der Waals surface area (Å²) in [5, 5.41) is 9.35. The van der Waals surface area contributed by atoms with Crippen molar-refractivity contribution >= 4 is 45.4 Å². The van der Waals surface area contributed by atoms with Crippen molar-refractivity contribution in [1.82, 2.24) is 14.8 Å². The van der Waals surface area contributed by atoms with Crippen LogP contribution < -0.4 is 5.32 Å². The second-order valence-electron chi connectivity index (χ2n) is 7.22. The van der Waals surface area contributed by atoms with E-state index in [9.17, 15) is 4.79 Å². The molecule has 0 fully saturated rings. The number of aromatic nitrogens is 3. The van der Waals surface area contributed by atoms with Crippen LogP contribution in [0.15, 0.2) is 42.6 Å². The largest absolute Gasteiger partial charge is 0.319 e. The highest BCUT2D eigenvalue weighted by Gasteiger charge is 2.20. The number of nitrogens with one attached hydrogen (secondary N) is 1. The minimum absolute atomic E-state index is 0.206. The SMILES string of the molecule is Cn1ncc2c(-c3cccc(NC(=O)c4nc5c(s4)CCCC5)c3Cl)cccc21. The molecule has 0 spiro atoms. The molecule has 0 unspecified atom stereocenters. The molecule has 5 rings (SSSR count). The fourth-order valence-electron chi connectivity index (χ4n) is 3.87. The maximum absolute atomic E-state index is 12.8. The monoisotopic (exact) mass is 422 g/mol. The lowest BCUT2D eigenvalue weighted by molar-refractivity contribution is 0.102. The van der Waals surface area contributed by atoms with Crippen LogP contribution in [0, 0.1) is 0 Å². The van der Waals surface area contributed by atoms with E-state index >= 15 is 0 Å². The number of fused-ring (bicyclic) bond motifs is 2. The van der Waals surface area contributed by atoms with Gasteiger partial charge in [0.2, 0.25) is 0 Å². The Labute approximate surface area is 177 Å². The van der Waals surface area contributed by atoms with E-state index in [1.165, 1.54) is 22.6 Å². The molecule has 1 aliphatic carbocycles. The molecule has 2 heterocycles. The summed E-state index contributed by atoms with van der Waals surface area (Å²) in [4.78, 5) is 18.6. The van der Waals surface area contributed by atoms with Crippen molar-refractivity contribution < 1.29 is 4.79 Å². The number of benzene rings is 2. The van der Waals surface area contributed by atoms with Crippen LogP contribution >= 0.6 is 22.9 Å². The number of aryl methyl sites for hydroxylation is 3. The number of hydrogen-bond donors (Lipinski definition) is 1. The topological polar surface area (TPSA) is 59.8 Å². The third-order valence-electron chi connectivity index (χ3n) is 5.37. The fraction of sp³-hybridized carbons (Fsp3) is 0.227. The van der Waals surface area contributed by atoms with E-state index in [1.807, 2.05) is 54.3 Å². The Morgan fingerprint density at radius 3 is 2.79 bits per heavy atom. The van der Waals surface area contributed by atoms with Crippen molar-refractivity contribution in [1.29, 1.82) is 0 Å². The van der Waals surface area contributed by atoms with Crippen molar-refractivity contribution in [3.8, 4) is 11.1 Å². The van der Waals surface area contributed by atoms with Gasteiger partial charge < -0.3 is 5.32 Å². The third-order valence-corrected chi connectivity index (χ3v) is 6.93. The molecule has 1 N–H and O–H groups in total. The van der Waals surface area contributed by atoms with Crippen molar-refractivity contribution in [2.45, 2.75) is 25.7 Å². The summed E-state index contributed by atoms with van der Waals surface area (Å²) in [5.41, 5.74) is 4.54. The number of rotatable bonds is 3. The van der Waals surface area contributed by atoms with E-state index in [1.54, 1.807) is 0 Å². The third kappa shape index (κ3) is 3.22. The first-order chi connectivity index (χ1) is 14.1. The second kappa shape index (κ2) is 7.28. The quantitative estimate of drug-likeness (QED) is 0.475. The Morgan fingerprint density at radius 2 is 1.93 bits per heavy atom. The smallest absolute Gasteiger partial charge is 0.284 e. The van der Waals surface area contributed by atoms with Crippen LogP contribution in [0.25, 0.3) is 22.0 Å². The molecule has 0 saturated heterocycles. The van der Waals surface area contributed by atoms with Gasteiger partial charge in [-0.25, -0.2) is 4.98 Å². The van der Waals surface area contributed by atoms with Crippen LogP contribution in [-0.4, -0.2) is 20.7 Å². The lowest BCUT2D eigenvalue weighted by Crippen LogP contribution is -2.12. The Kier molecular flexibility index (Phi) is 4.60. The van der Waals surface area contributed by atoms with Crippen LogP contribution in [0.4, 0.5) is 5.69 Å². The van der Waals surface area contributed by atoms with Gasteiger partial charge in [-0.1, -0.05) is 35.9 Å². The van der Waals surface area contributed by atoms with Gasteiger partial charge in [0, 0.05) is 22.9 Å². The van der Waals surface area contributed by atoms with Gasteiger partial charge in [0.25, 0.3) is 5.91 Å². The first-order valence-electron chi connectivity index (χ1n) is 9.61. The summed E-state index contributed by atoms with van der Waals surface area (Å²) in [7, 11) is 1.91. The van der Waals surface area contributed by atoms with Crippen LogP contribution in [-0.2, 0) is 19.9 Å². The van der Waals surface area contributed by atoms with Crippen LogP contribution in [0.2, 0.25) is 5.02 Å². The Morgan fingerprint density at radius 1 is 1.14 bits per heavy atom. The highest BCUT2D eigenvalue weighted by Crippen LogP contribution is 2.37. The molecule has 146 valence electrons. The first kappa shape index (κ1) is 18.3. The Bertz CT molecular complexity index is 1220. The number of carbonyl (C=O) groups excluding carboxylic acids is 1. The molecule has 1 aliphatic rings. The number of halogens is 1. The summed E-state index contributed by atoms with van der Waals surface area (Å²) in [6.45, 7) is 0. The van der Waals surface area contributed by atoms with Gasteiger partial charge in [-0.05, 0) is 43.4 Å². The lowest BCUT2D eigenvalue weighted by atomic mass is 10.0. The average molecular weight is 423 g/mol. The normalized spacial score (nSPS) is 13.4. The Balaban J connectivity index is 1.49. The molecule has 29 heavy (non-hydrogen) atoms. The van der Waals surface area contributed by atoms with Crippen LogP contribution in [0.1, 0.15) is 33.2 Å². The van der Waals surface area contributed by atoms with E-state index in [2.05, 4.69) is 15.4 Å². The van der Waals surface area contributed by atoms with Gasteiger partial charge in [0.1, 0.15) is 0 Å². The van der Waals surface area contributed by atoms with Crippen molar-refractivity contribution in [2.75, 3.05) is 5.32 Å². The lowest BCUT2D eigenvalue weighted by Gasteiger charge is -2.11. The maximum atomic E-state index is 12.8. The maximum Gasteiger partial charge on any atom is 0.284 e. The van der Waals surface area contributed by atoms with Crippen molar-refractivity contribution in [3.63, 3.8) is 0 Å². The minimum Gasteiger partial charge on any atom is -0.319 e. The molecule has 5 nitrogen and oxygen atoms in total. The number of nitrogens with zero attached hydrogens (tertiary/aromatic N) is 3. The summed E-state index contributed by atoms with van der Waals surface area (Å²) >= 11 is 8.22. The molecular weight excluding hydrogens is 404 g/mol. The van der Waals surface area contributed by atoms with Gasteiger partial charge in [0.15, 0.2) is 5.01 Å². The summed E-state index contributed by atoms with van der Waals surface area (Å²) in [5.74, 6) is -0.206.